The van der Waals surface area contributed by atoms with E-state index in [1.165, 1.54) is 0 Å². The highest BCUT2D eigenvalue weighted by Crippen LogP contribution is 2.19. The number of aromatic nitrogens is 2. The Hall–Kier alpha value is -2.06. The van der Waals surface area contributed by atoms with Crippen molar-refractivity contribution >= 4 is 34.6 Å². The fourth-order valence-electron chi connectivity index (χ4n) is 3.39. The number of rotatable bonds is 7. The molecule has 0 atom stereocenters. The van der Waals surface area contributed by atoms with Crippen LogP contribution < -0.4 is 5.32 Å². The third kappa shape index (κ3) is 4.81. The van der Waals surface area contributed by atoms with Gasteiger partial charge < -0.3 is 14.8 Å². The average Bonchev–Trinajstić information content (AvgIpc) is 3.00. The summed E-state index contributed by atoms with van der Waals surface area (Å²) in [6.07, 6.45) is 2.04. The molecule has 0 radical (unpaired) electrons. The third-order valence-electron chi connectivity index (χ3n) is 4.77. The minimum Gasteiger partial charge on any atom is -0.355 e. The first-order valence-electron chi connectivity index (χ1n) is 9.32. The number of amides is 2. The molecule has 27 heavy (non-hydrogen) atoms. The third-order valence-corrected chi connectivity index (χ3v) is 5.31. The maximum Gasteiger partial charge on any atom is 0.242 e. The van der Waals surface area contributed by atoms with Crippen molar-refractivity contribution in [2.24, 2.45) is 0 Å². The molecule has 8 heteroatoms. The molecule has 0 unspecified atom stereocenters. The summed E-state index contributed by atoms with van der Waals surface area (Å²) >= 11 is 1.70. The van der Waals surface area contributed by atoms with Gasteiger partial charge in [0.1, 0.15) is 12.4 Å². The zero-order valence-corrected chi connectivity index (χ0v) is 16.8. The van der Waals surface area contributed by atoms with E-state index in [-0.39, 0.29) is 11.8 Å². The van der Waals surface area contributed by atoms with Crippen LogP contribution in [0.25, 0.3) is 11.0 Å². The van der Waals surface area contributed by atoms with Crippen LogP contribution in [0.5, 0.6) is 0 Å². The molecule has 0 bridgehead atoms. The lowest BCUT2D eigenvalue weighted by Gasteiger charge is -2.34. The first kappa shape index (κ1) is 19.7. The zero-order valence-electron chi connectivity index (χ0n) is 16.0. The lowest BCUT2D eigenvalue weighted by molar-refractivity contribution is -0.133. The quantitative estimate of drug-likeness (QED) is 0.770. The van der Waals surface area contributed by atoms with Gasteiger partial charge >= 0.3 is 0 Å². The molecule has 1 aliphatic heterocycles. The Bertz CT molecular complexity index is 798. The first-order valence-corrected chi connectivity index (χ1v) is 10.7. The van der Waals surface area contributed by atoms with E-state index in [1.54, 1.807) is 11.8 Å². The van der Waals surface area contributed by atoms with Gasteiger partial charge in [-0.2, -0.15) is 11.8 Å². The predicted molar refractivity (Wildman–Crippen MR) is 109 cm³/mol. The summed E-state index contributed by atoms with van der Waals surface area (Å²) in [6.45, 7) is 6.04. The number of nitrogens with one attached hydrogen (secondary N) is 1. The Morgan fingerprint density at radius 1 is 1.15 bits per heavy atom. The van der Waals surface area contributed by atoms with Gasteiger partial charge in [0.25, 0.3) is 0 Å². The molecule has 1 N–H and O–H groups in total. The number of benzene rings is 1. The number of thioether (sulfide) groups is 1. The van der Waals surface area contributed by atoms with E-state index in [1.807, 2.05) is 46.9 Å². The van der Waals surface area contributed by atoms with Crippen LogP contribution in [0.3, 0.4) is 0 Å². The maximum absolute atomic E-state index is 12.9. The lowest BCUT2D eigenvalue weighted by Crippen LogP contribution is -2.51. The second-order valence-electron chi connectivity index (χ2n) is 6.65. The number of imidazole rings is 1. The van der Waals surface area contributed by atoms with Crippen LogP contribution in [0, 0.1) is 0 Å². The molecule has 1 aliphatic rings. The molecule has 1 saturated heterocycles. The number of carbonyl (C=O) groups is 2. The highest BCUT2D eigenvalue weighted by molar-refractivity contribution is 7.97. The SMILES string of the molecule is CCNC(=O)CN1CCN(C(=O)Cn2c(CSC)nc3ccccc32)CC1. The molecule has 1 aromatic heterocycles. The van der Waals surface area contributed by atoms with Crippen molar-refractivity contribution < 1.29 is 9.59 Å². The van der Waals surface area contributed by atoms with Crippen molar-refractivity contribution in [3.63, 3.8) is 0 Å². The number of nitrogens with zero attached hydrogens (tertiary/aromatic N) is 4. The molecular formula is C19H27N5O2S. The van der Waals surface area contributed by atoms with E-state index in [9.17, 15) is 9.59 Å². The van der Waals surface area contributed by atoms with E-state index >= 15 is 0 Å². The summed E-state index contributed by atoms with van der Waals surface area (Å²) in [4.78, 5) is 33.3. The molecule has 1 fully saturated rings. The largest absolute Gasteiger partial charge is 0.355 e. The van der Waals surface area contributed by atoms with E-state index in [0.29, 0.717) is 32.7 Å². The van der Waals surface area contributed by atoms with Crippen LogP contribution in [0.15, 0.2) is 24.3 Å². The molecule has 0 spiro atoms. The van der Waals surface area contributed by atoms with Gasteiger partial charge in [-0.3, -0.25) is 14.5 Å². The highest BCUT2D eigenvalue weighted by atomic mass is 32.2. The van der Waals surface area contributed by atoms with Crippen molar-refractivity contribution in [2.45, 2.75) is 19.2 Å². The minimum atomic E-state index is 0.0452. The number of likely N-dealkylation sites (N-methyl/N-ethyl adjacent to an activating group) is 1. The van der Waals surface area contributed by atoms with E-state index in [4.69, 9.17) is 0 Å². The fourth-order valence-corrected chi connectivity index (χ4v) is 3.87. The highest BCUT2D eigenvalue weighted by Gasteiger charge is 2.23. The van der Waals surface area contributed by atoms with Crippen LogP contribution in [0.2, 0.25) is 0 Å². The molecule has 146 valence electrons. The second kappa shape index (κ2) is 9.23. The zero-order chi connectivity index (χ0) is 19.2. The Kier molecular flexibility index (Phi) is 6.73. The van der Waals surface area contributed by atoms with Gasteiger partial charge in [0.2, 0.25) is 11.8 Å². The molecular weight excluding hydrogens is 362 g/mol. The fraction of sp³-hybridized carbons (Fsp3) is 0.526. The summed E-state index contributed by atoms with van der Waals surface area (Å²) in [5.74, 6) is 1.87. The molecule has 0 saturated carbocycles. The topological polar surface area (TPSA) is 70.5 Å². The Morgan fingerprint density at radius 3 is 2.59 bits per heavy atom. The smallest absolute Gasteiger partial charge is 0.242 e. The van der Waals surface area contributed by atoms with Crippen molar-refractivity contribution in [2.75, 3.05) is 45.5 Å². The van der Waals surface area contributed by atoms with Gasteiger partial charge in [0, 0.05) is 32.7 Å². The van der Waals surface area contributed by atoms with Crippen LogP contribution in [-0.4, -0.2) is 76.7 Å². The summed E-state index contributed by atoms with van der Waals surface area (Å²) in [7, 11) is 0. The molecule has 2 amide bonds. The lowest BCUT2D eigenvalue weighted by atomic mass is 10.3. The van der Waals surface area contributed by atoms with E-state index in [0.717, 1.165) is 35.7 Å². The number of hydrogen-bond acceptors (Lipinski definition) is 5. The van der Waals surface area contributed by atoms with Crippen LogP contribution in [-0.2, 0) is 21.9 Å². The summed E-state index contributed by atoms with van der Waals surface area (Å²) < 4.78 is 2.04. The normalized spacial score (nSPS) is 15.3. The van der Waals surface area contributed by atoms with Gasteiger partial charge in [0.15, 0.2) is 0 Å². The van der Waals surface area contributed by atoms with Gasteiger partial charge in [-0.05, 0) is 25.3 Å². The summed E-state index contributed by atoms with van der Waals surface area (Å²) in [5, 5.41) is 2.82. The van der Waals surface area contributed by atoms with Crippen molar-refractivity contribution in [1.29, 1.82) is 0 Å². The number of hydrogen-bond donors (Lipinski definition) is 1. The number of fused-ring (bicyclic) bond motifs is 1. The van der Waals surface area contributed by atoms with Gasteiger partial charge in [0.05, 0.1) is 23.3 Å². The molecule has 2 heterocycles. The van der Waals surface area contributed by atoms with Gasteiger partial charge in [-0.1, -0.05) is 12.1 Å². The number of para-hydroxylation sites is 2. The molecule has 0 aliphatic carbocycles. The Balaban J connectivity index is 1.62. The maximum atomic E-state index is 12.9. The average molecular weight is 390 g/mol. The van der Waals surface area contributed by atoms with E-state index < -0.39 is 0 Å². The van der Waals surface area contributed by atoms with Crippen LogP contribution in [0.4, 0.5) is 0 Å². The summed E-state index contributed by atoms with van der Waals surface area (Å²) in [5.41, 5.74) is 1.94. The first-order chi connectivity index (χ1) is 13.1. The van der Waals surface area contributed by atoms with Gasteiger partial charge in [-0.15, -0.1) is 0 Å². The Morgan fingerprint density at radius 2 is 1.89 bits per heavy atom. The minimum absolute atomic E-state index is 0.0452. The van der Waals surface area contributed by atoms with Gasteiger partial charge in [-0.25, -0.2) is 4.98 Å². The standard InChI is InChI=1S/C19H27N5O2S/c1-3-20-18(25)12-22-8-10-23(11-9-22)19(26)13-24-16-7-5-4-6-15(16)21-17(24)14-27-2/h4-7H,3,8-14H2,1-2H3,(H,20,25). The molecule has 1 aromatic carbocycles. The number of piperazine rings is 1. The van der Waals surface area contributed by atoms with E-state index in [2.05, 4.69) is 15.2 Å². The Labute approximate surface area is 164 Å². The van der Waals surface area contributed by atoms with Crippen LogP contribution >= 0.6 is 11.8 Å². The molecule has 7 nitrogen and oxygen atoms in total. The monoisotopic (exact) mass is 389 g/mol. The van der Waals surface area contributed by atoms with Crippen molar-refractivity contribution in [3.05, 3.63) is 30.1 Å². The number of carbonyl (C=O) groups excluding carboxylic acids is 2. The second-order valence-corrected chi connectivity index (χ2v) is 7.51. The molecule has 2 aromatic rings. The van der Waals surface area contributed by atoms with Crippen molar-refractivity contribution in [1.82, 2.24) is 24.7 Å². The predicted octanol–water partition coefficient (Wildman–Crippen LogP) is 1.18. The van der Waals surface area contributed by atoms with Crippen LogP contribution in [0.1, 0.15) is 12.7 Å². The van der Waals surface area contributed by atoms with Crippen molar-refractivity contribution in [3.8, 4) is 0 Å². The molecule has 3 rings (SSSR count). The summed E-state index contributed by atoms with van der Waals surface area (Å²) in [6, 6.07) is 7.95.